The Morgan fingerprint density at radius 1 is 1.05 bits per heavy atom. The van der Waals surface area contributed by atoms with Gasteiger partial charge in [-0.15, -0.1) is 0 Å². The summed E-state index contributed by atoms with van der Waals surface area (Å²) in [7, 11) is 1.69. The molecule has 7 nitrogen and oxygen atoms in total. The van der Waals surface area contributed by atoms with Crippen molar-refractivity contribution >= 4 is 17.5 Å². The van der Waals surface area contributed by atoms with E-state index in [1.54, 1.807) is 7.11 Å². The van der Waals surface area contributed by atoms with Crippen LogP contribution < -0.4 is 15.0 Å². The number of carbonyl (C=O) groups excluding carboxylic acids is 2. The van der Waals surface area contributed by atoms with Crippen molar-refractivity contribution in [2.24, 2.45) is 22.2 Å². The Morgan fingerprint density at radius 2 is 1.72 bits per heavy atom. The van der Waals surface area contributed by atoms with Crippen molar-refractivity contribution in [2.75, 3.05) is 38.2 Å². The number of aliphatic hydroxyl groups is 1. The van der Waals surface area contributed by atoms with Gasteiger partial charge in [0.1, 0.15) is 5.75 Å². The van der Waals surface area contributed by atoms with Crippen molar-refractivity contribution in [1.82, 2.24) is 10.2 Å². The zero-order valence-electron chi connectivity index (χ0n) is 25.3. The summed E-state index contributed by atoms with van der Waals surface area (Å²) in [5, 5.41) is 14.5. The highest BCUT2D eigenvalue weighted by Crippen LogP contribution is 2.64. The molecule has 2 aliphatic carbocycles. The number of methoxy groups -OCH3 is 1. The quantitative estimate of drug-likeness (QED) is 0.507. The standard InChI is InChI=1S/C32H51N3O4/c1-29(2,3)22-27(36)33-26-21-30(4,5)25-20-31(6,38)14-15-32(25,26)13-12-28(37)35-18-16-34(17-19-35)23-10-8-9-11-24(23)39-7/h8-11,25-26,38H,12-22H2,1-7H3,(H,33,36). The number of para-hydroxylation sites is 2. The van der Waals surface area contributed by atoms with E-state index in [1.165, 1.54) is 0 Å². The van der Waals surface area contributed by atoms with Crippen molar-refractivity contribution in [2.45, 2.75) is 98.1 Å². The highest BCUT2D eigenvalue weighted by molar-refractivity contribution is 5.78. The molecule has 4 atom stereocenters. The number of nitrogens with zero attached hydrogens (tertiary/aromatic N) is 2. The van der Waals surface area contributed by atoms with Crippen molar-refractivity contribution in [3.63, 3.8) is 0 Å². The minimum absolute atomic E-state index is 0.0203. The lowest BCUT2D eigenvalue weighted by molar-refractivity contribution is -0.133. The number of ether oxygens (including phenoxy) is 1. The molecular weight excluding hydrogens is 490 g/mol. The van der Waals surface area contributed by atoms with E-state index in [1.807, 2.05) is 30.0 Å². The van der Waals surface area contributed by atoms with Crippen LogP contribution in [0.5, 0.6) is 5.75 Å². The molecule has 1 heterocycles. The number of piperazine rings is 1. The molecule has 3 aliphatic rings. The van der Waals surface area contributed by atoms with Gasteiger partial charge in [-0.1, -0.05) is 46.8 Å². The first-order valence-electron chi connectivity index (χ1n) is 14.8. The van der Waals surface area contributed by atoms with Crippen LogP contribution in [-0.4, -0.2) is 66.8 Å². The molecule has 4 unspecified atom stereocenters. The SMILES string of the molecule is COc1ccccc1N1CCN(C(=O)CCC23CCC(C)(O)CC2C(C)(C)CC3NC(=O)CC(C)(C)C)CC1. The van der Waals surface area contributed by atoms with Gasteiger partial charge in [-0.2, -0.15) is 0 Å². The average molecular weight is 542 g/mol. The molecule has 4 rings (SSSR count). The number of nitrogens with one attached hydrogen (secondary N) is 1. The third kappa shape index (κ3) is 6.55. The summed E-state index contributed by atoms with van der Waals surface area (Å²) in [6.07, 6.45) is 4.86. The summed E-state index contributed by atoms with van der Waals surface area (Å²) >= 11 is 0. The van der Waals surface area contributed by atoms with Crippen LogP contribution in [0.4, 0.5) is 5.69 Å². The van der Waals surface area contributed by atoms with Crippen molar-refractivity contribution in [3.8, 4) is 5.75 Å². The van der Waals surface area contributed by atoms with E-state index < -0.39 is 5.60 Å². The first kappa shape index (κ1) is 29.7. The lowest BCUT2D eigenvalue weighted by atomic mass is 9.57. The van der Waals surface area contributed by atoms with Crippen LogP contribution >= 0.6 is 0 Å². The number of fused-ring (bicyclic) bond motifs is 1. The molecule has 3 fully saturated rings. The van der Waals surface area contributed by atoms with Gasteiger partial charge in [0.25, 0.3) is 0 Å². The third-order valence-corrected chi connectivity index (χ3v) is 9.72. The minimum Gasteiger partial charge on any atom is -0.495 e. The van der Waals surface area contributed by atoms with Gasteiger partial charge in [-0.3, -0.25) is 9.59 Å². The van der Waals surface area contributed by atoms with Crippen molar-refractivity contribution in [1.29, 1.82) is 0 Å². The third-order valence-electron chi connectivity index (χ3n) is 9.72. The maximum absolute atomic E-state index is 13.5. The van der Waals surface area contributed by atoms with Gasteiger partial charge in [0.05, 0.1) is 18.4 Å². The Hall–Kier alpha value is -2.28. The largest absolute Gasteiger partial charge is 0.495 e. The van der Waals surface area contributed by atoms with E-state index in [9.17, 15) is 14.7 Å². The van der Waals surface area contributed by atoms with Crippen LogP contribution in [0.2, 0.25) is 0 Å². The first-order valence-corrected chi connectivity index (χ1v) is 14.8. The molecule has 1 aromatic carbocycles. The van der Waals surface area contributed by atoms with Gasteiger partial charge in [-0.05, 0) is 73.3 Å². The van der Waals surface area contributed by atoms with Gasteiger partial charge >= 0.3 is 0 Å². The van der Waals surface area contributed by atoms with Crippen LogP contribution in [0.3, 0.4) is 0 Å². The molecule has 2 N–H and O–H groups in total. The molecule has 2 amide bonds. The van der Waals surface area contributed by atoms with Gasteiger partial charge < -0.3 is 25.0 Å². The second-order valence-electron chi connectivity index (χ2n) is 14.6. The summed E-state index contributed by atoms with van der Waals surface area (Å²) in [4.78, 5) is 30.9. The fourth-order valence-corrected chi connectivity index (χ4v) is 7.75. The molecule has 0 spiro atoms. The van der Waals surface area contributed by atoms with Crippen LogP contribution in [0.15, 0.2) is 24.3 Å². The molecule has 1 saturated heterocycles. The molecule has 2 saturated carbocycles. The van der Waals surface area contributed by atoms with Crippen LogP contribution in [0.1, 0.15) is 86.5 Å². The van der Waals surface area contributed by atoms with E-state index in [-0.39, 0.29) is 40.0 Å². The molecule has 0 bridgehead atoms. The van der Waals surface area contributed by atoms with E-state index in [4.69, 9.17) is 4.74 Å². The van der Waals surface area contributed by atoms with Gasteiger partial charge in [-0.25, -0.2) is 0 Å². The predicted molar refractivity (Wildman–Crippen MR) is 156 cm³/mol. The van der Waals surface area contributed by atoms with E-state index in [0.29, 0.717) is 32.4 Å². The highest BCUT2D eigenvalue weighted by Gasteiger charge is 2.61. The number of amides is 2. The number of anilines is 1. The zero-order chi connectivity index (χ0) is 28.6. The number of hydrogen-bond donors (Lipinski definition) is 2. The normalized spacial score (nSPS) is 30.6. The molecule has 7 heteroatoms. The van der Waals surface area contributed by atoms with Crippen LogP contribution in [-0.2, 0) is 9.59 Å². The Balaban J connectivity index is 1.45. The summed E-state index contributed by atoms with van der Waals surface area (Å²) in [5.41, 5.74) is 0.101. The Kier molecular flexibility index (Phi) is 8.33. The fourth-order valence-electron chi connectivity index (χ4n) is 7.75. The van der Waals surface area contributed by atoms with E-state index in [2.05, 4.69) is 50.9 Å². The summed E-state index contributed by atoms with van der Waals surface area (Å²) in [6, 6.07) is 8.07. The molecule has 218 valence electrons. The Morgan fingerprint density at radius 3 is 2.36 bits per heavy atom. The minimum atomic E-state index is -0.700. The zero-order valence-corrected chi connectivity index (χ0v) is 25.3. The van der Waals surface area contributed by atoms with Crippen LogP contribution in [0.25, 0.3) is 0 Å². The molecule has 1 aromatic rings. The van der Waals surface area contributed by atoms with Gasteiger partial charge in [0, 0.05) is 45.1 Å². The molecule has 0 aromatic heterocycles. The first-order chi connectivity index (χ1) is 18.2. The average Bonchev–Trinajstić information content (AvgIpc) is 3.06. The molecule has 1 aliphatic heterocycles. The lowest BCUT2D eigenvalue weighted by Crippen LogP contribution is -2.53. The maximum atomic E-state index is 13.5. The molecule has 39 heavy (non-hydrogen) atoms. The van der Waals surface area contributed by atoms with E-state index in [0.717, 1.165) is 50.2 Å². The van der Waals surface area contributed by atoms with Gasteiger partial charge in [0.2, 0.25) is 11.8 Å². The molecule has 0 radical (unpaired) electrons. The highest BCUT2D eigenvalue weighted by atomic mass is 16.5. The predicted octanol–water partition coefficient (Wildman–Crippen LogP) is 5.01. The van der Waals surface area contributed by atoms with Crippen molar-refractivity contribution < 1.29 is 19.4 Å². The number of benzene rings is 1. The molecular formula is C32H51N3O4. The van der Waals surface area contributed by atoms with E-state index >= 15 is 0 Å². The summed E-state index contributed by atoms with van der Waals surface area (Å²) in [6.45, 7) is 15.7. The number of hydrogen-bond acceptors (Lipinski definition) is 5. The number of carbonyl (C=O) groups is 2. The van der Waals surface area contributed by atoms with Gasteiger partial charge in [0.15, 0.2) is 0 Å². The second kappa shape index (κ2) is 10.9. The fraction of sp³-hybridized carbons (Fsp3) is 0.750. The van der Waals surface area contributed by atoms with Crippen LogP contribution in [0, 0.1) is 22.2 Å². The summed E-state index contributed by atoms with van der Waals surface area (Å²) < 4.78 is 5.54. The Labute approximate surface area is 235 Å². The monoisotopic (exact) mass is 541 g/mol. The van der Waals surface area contributed by atoms with Crippen molar-refractivity contribution in [3.05, 3.63) is 24.3 Å². The maximum Gasteiger partial charge on any atom is 0.222 e. The number of rotatable bonds is 7. The summed E-state index contributed by atoms with van der Waals surface area (Å²) in [5.74, 6) is 1.41. The Bertz CT molecular complexity index is 1040. The lowest BCUT2D eigenvalue weighted by Gasteiger charge is -2.51. The smallest absolute Gasteiger partial charge is 0.222 e. The second-order valence-corrected chi connectivity index (χ2v) is 14.6. The topological polar surface area (TPSA) is 82.1 Å².